The first-order valence-corrected chi connectivity index (χ1v) is 9.75. The number of benzene rings is 2. The minimum absolute atomic E-state index is 0.186. The summed E-state index contributed by atoms with van der Waals surface area (Å²) in [6.45, 7) is 3.15. The fraction of sp³-hybridized carbons (Fsp3) is 0.278. The van der Waals surface area contributed by atoms with Crippen molar-refractivity contribution in [3.63, 3.8) is 0 Å². The summed E-state index contributed by atoms with van der Waals surface area (Å²) in [5, 5.41) is 2.71. The van der Waals surface area contributed by atoms with E-state index in [9.17, 15) is 22.0 Å². The Labute approximate surface area is 151 Å². The molecule has 5 nitrogen and oxygen atoms in total. The normalized spacial score (nSPS) is 13.7. The Morgan fingerprint density at radius 1 is 0.962 bits per heavy atom. The van der Waals surface area contributed by atoms with Gasteiger partial charge in [0.05, 0.1) is 18.0 Å². The molecular weight excluding hydrogens is 362 g/mol. The van der Waals surface area contributed by atoms with E-state index < -0.39 is 33.8 Å². The summed E-state index contributed by atoms with van der Waals surface area (Å²) >= 11 is 0. The minimum atomic E-state index is -3.78. The van der Waals surface area contributed by atoms with E-state index >= 15 is 0 Å². The van der Waals surface area contributed by atoms with Crippen LogP contribution in [0.2, 0.25) is 0 Å². The minimum Gasteiger partial charge on any atom is -0.348 e. The second-order valence-electron chi connectivity index (χ2n) is 5.99. The van der Waals surface area contributed by atoms with E-state index in [4.69, 9.17) is 0 Å². The van der Waals surface area contributed by atoms with Gasteiger partial charge in [-0.3, -0.25) is 9.10 Å². The highest BCUT2D eigenvalue weighted by Gasteiger charge is 2.29. The van der Waals surface area contributed by atoms with Gasteiger partial charge >= 0.3 is 0 Å². The van der Waals surface area contributed by atoms with E-state index in [0.29, 0.717) is 5.56 Å². The monoisotopic (exact) mass is 382 g/mol. The molecule has 1 amide bonds. The lowest BCUT2D eigenvalue weighted by Gasteiger charge is -2.29. The third-order valence-corrected chi connectivity index (χ3v) is 5.14. The maximum atomic E-state index is 13.1. The first-order valence-electron chi connectivity index (χ1n) is 7.90. The summed E-state index contributed by atoms with van der Waals surface area (Å²) < 4.78 is 51.4. The highest BCUT2D eigenvalue weighted by atomic mass is 32.2. The highest BCUT2D eigenvalue weighted by molar-refractivity contribution is 7.92. The van der Waals surface area contributed by atoms with E-state index in [1.54, 1.807) is 19.1 Å². The number of rotatable bonds is 6. The van der Waals surface area contributed by atoms with Gasteiger partial charge in [0.1, 0.15) is 17.7 Å². The van der Waals surface area contributed by atoms with Crippen molar-refractivity contribution in [3.8, 4) is 0 Å². The standard InChI is InChI=1S/C18H20F2N2O3S/c1-12(14-4-6-15(19)7-5-14)21-18(23)13(2)22(26(3,24)25)17-10-8-16(20)9-11-17/h4-13H,1-3H3,(H,21,23). The van der Waals surface area contributed by atoms with Crippen LogP contribution in [0.4, 0.5) is 14.5 Å². The fourth-order valence-electron chi connectivity index (χ4n) is 2.57. The maximum Gasteiger partial charge on any atom is 0.244 e. The largest absolute Gasteiger partial charge is 0.348 e. The van der Waals surface area contributed by atoms with Crippen LogP contribution in [-0.4, -0.2) is 26.6 Å². The lowest BCUT2D eigenvalue weighted by atomic mass is 10.1. The molecule has 2 unspecified atom stereocenters. The zero-order valence-corrected chi connectivity index (χ0v) is 15.4. The van der Waals surface area contributed by atoms with Gasteiger partial charge in [-0.1, -0.05) is 12.1 Å². The summed E-state index contributed by atoms with van der Waals surface area (Å²) in [6.07, 6.45) is 0.976. The van der Waals surface area contributed by atoms with Crippen LogP contribution >= 0.6 is 0 Å². The molecule has 2 aromatic carbocycles. The number of amides is 1. The Balaban J connectivity index is 2.22. The smallest absolute Gasteiger partial charge is 0.244 e. The molecule has 2 aromatic rings. The van der Waals surface area contributed by atoms with Crippen LogP contribution in [0.5, 0.6) is 0 Å². The summed E-state index contributed by atoms with van der Waals surface area (Å²) in [6, 6.07) is 8.98. The van der Waals surface area contributed by atoms with E-state index in [0.717, 1.165) is 22.7 Å². The first kappa shape index (κ1) is 19.8. The highest BCUT2D eigenvalue weighted by Crippen LogP contribution is 2.22. The Morgan fingerprint density at radius 3 is 1.88 bits per heavy atom. The van der Waals surface area contributed by atoms with Crippen LogP contribution in [-0.2, 0) is 14.8 Å². The average molecular weight is 382 g/mol. The molecule has 140 valence electrons. The van der Waals surface area contributed by atoms with Gasteiger partial charge in [-0.05, 0) is 55.8 Å². The molecule has 0 radical (unpaired) electrons. The molecule has 0 saturated heterocycles. The molecule has 0 aliphatic rings. The number of sulfonamides is 1. The quantitative estimate of drug-likeness (QED) is 0.835. The van der Waals surface area contributed by atoms with Gasteiger partial charge in [-0.2, -0.15) is 0 Å². The number of hydrogen-bond donors (Lipinski definition) is 1. The number of hydrogen-bond acceptors (Lipinski definition) is 3. The molecule has 0 aliphatic carbocycles. The molecule has 0 bridgehead atoms. The molecule has 0 aliphatic heterocycles. The lowest BCUT2D eigenvalue weighted by Crippen LogP contribution is -2.48. The van der Waals surface area contributed by atoms with Crippen molar-refractivity contribution in [3.05, 3.63) is 65.7 Å². The molecule has 0 aromatic heterocycles. The molecule has 0 heterocycles. The third kappa shape index (κ3) is 4.78. The van der Waals surface area contributed by atoms with Crippen molar-refractivity contribution in [1.82, 2.24) is 5.32 Å². The van der Waals surface area contributed by atoms with Crippen molar-refractivity contribution in [1.29, 1.82) is 0 Å². The van der Waals surface area contributed by atoms with Gasteiger partial charge in [-0.25, -0.2) is 17.2 Å². The maximum absolute atomic E-state index is 13.1. The first-order chi connectivity index (χ1) is 12.1. The van der Waals surface area contributed by atoms with E-state index in [-0.39, 0.29) is 11.5 Å². The summed E-state index contributed by atoms with van der Waals surface area (Å²) in [5.41, 5.74) is 0.866. The van der Waals surface area contributed by atoms with Crippen LogP contribution in [0.1, 0.15) is 25.5 Å². The van der Waals surface area contributed by atoms with Crippen LogP contribution in [0.25, 0.3) is 0 Å². The topological polar surface area (TPSA) is 66.5 Å². The van der Waals surface area contributed by atoms with Crippen molar-refractivity contribution in [2.24, 2.45) is 0 Å². The van der Waals surface area contributed by atoms with Gasteiger partial charge in [0.2, 0.25) is 15.9 Å². The van der Waals surface area contributed by atoms with Gasteiger partial charge < -0.3 is 5.32 Å². The van der Waals surface area contributed by atoms with Gasteiger partial charge in [-0.15, -0.1) is 0 Å². The summed E-state index contributed by atoms with van der Waals surface area (Å²) in [5.74, 6) is -1.43. The number of carbonyl (C=O) groups excluding carboxylic acids is 1. The van der Waals surface area contributed by atoms with Crippen LogP contribution in [0.3, 0.4) is 0 Å². The number of halogens is 2. The predicted molar refractivity (Wildman–Crippen MR) is 96.1 cm³/mol. The zero-order valence-electron chi connectivity index (χ0n) is 14.6. The Bertz CT molecular complexity index is 868. The van der Waals surface area contributed by atoms with Gasteiger partial charge in [0, 0.05) is 0 Å². The van der Waals surface area contributed by atoms with E-state index in [1.165, 1.54) is 31.2 Å². The second-order valence-corrected chi connectivity index (χ2v) is 7.85. The Hall–Kier alpha value is -2.48. The van der Waals surface area contributed by atoms with Gasteiger partial charge in [0.15, 0.2) is 0 Å². The molecule has 8 heteroatoms. The van der Waals surface area contributed by atoms with Crippen molar-refractivity contribution in [2.75, 3.05) is 10.6 Å². The second kappa shape index (κ2) is 7.82. The Morgan fingerprint density at radius 2 is 1.42 bits per heavy atom. The SMILES string of the molecule is CC(NC(=O)C(C)N(c1ccc(F)cc1)S(C)(=O)=O)c1ccc(F)cc1. The van der Waals surface area contributed by atoms with E-state index in [2.05, 4.69) is 5.32 Å². The van der Waals surface area contributed by atoms with Crippen molar-refractivity contribution >= 4 is 21.6 Å². The lowest BCUT2D eigenvalue weighted by molar-refractivity contribution is -0.122. The molecule has 0 saturated carbocycles. The van der Waals surface area contributed by atoms with Crippen molar-refractivity contribution in [2.45, 2.75) is 25.9 Å². The Kier molecular flexibility index (Phi) is 5.97. The van der Waals surface area contributed by atoms with Gasteiger partial charge in [0.25, 0.3) is 0 Å². The summed E-state index contributed by atoms with van der Waals surface area (Å²) in [7, 11) is -3.78. The average Bonchev–Trinajstić information content (AvgIpc) is 2.56. The number of nitrogens with zero attached hydrogens (tertiary/aromatic N) is 1. The zero-order chi connectivity index (χ0) is 19.5. The van der Waals surface area contributed by atoms with Crippen LogP contribution < -0.4 is 9.62 Å². The third-order valence-electron chi connectivity index (χ3n) is 3.90. The molecular formula is C18H20F2N2O3S. The molecule has 2 atom stereocenters. The molecule has 2 rings (SSSR count). The van der Waals surface area contributed by atoms with Crippen molar-refractivity contribution < 1.29 is 22.0 Å². The predicted octanol–water partition coefficient (Wildman–Crippen LogP) is 3.00. The number of nitrogens with one attached hydrogen (secondary N) is 1. The number of carbonyl (C=O) groups is 1. The molecule has 1 N–H and O–H groups in total. The summed E-state index contributed by atoms with van der Waals surface area (Å²) in [4.78, 5) is 12.6. The molecule has 26 heavy (non-hydrogen) atoms. The van der Waals surface area contributed by atoms with Crippen LogP contribution in [0.15, 0.2) is 48.5 Å². The molecule has 0 fully saturated rings. The fourth-order valence-corrected chi connectivity index (χ4v) is 3.74. The number of anilines is 1. The molecule has 0 spiro atoms. The van der Waals surface area contributed by atoms with E-state index in [1.807, 2.05) is 0 Å². The van der Waals surface area contributed by atoms with Crippen LogP contribution in [0, 0.1) is 11.6 Å².